The lowest BCUT2D eigenvalue weighted by atomic mass is 10.0. The third-order valence-electron chi connectivity index (χ3n) is 4.81. The molecule has 1 saturated heterocycles. The fourth-order valence-corrected chi connectivity index (χ4v) is 3.21. The second-order valence-electron chi connectivity index (χ2n) is 7.24. The Labute approximate surface area is 193 Å². The topological polar surface area (TPSA) is 64.1 Å². The zero-order valence-corrected chi connectivity index (χ0v) is 20.5. The molecule has 0 aliphatic carbocycles. The summed E-state index contributed by atoms with van der Waals surface area (Å²) in [7, 11) is 0. The van der Waals surface area contributed by atoms with Gasteiger partial charge >= 0.3 is 0 Å². The number of aryl methyl sites for hydroxylation is 2. The van der Waals surface area contributed by atoms with Gasteiger partial charge in [-0.3, -0.25) is 4.99 Å². The molecule has 0 atom stereocenters. The van der Waals surface area contributed by atoms with Gasteiger partial charge in [0.15, 0.2) is 5.96 Å². The third kappa shape index (κ3) is 10.5. The maximum absolute atomic E-state index is 5.94. The molecule has 2 N–H and O–H groups in total. The minimum Gasteiger partial charge on any atom is -0.491 e. The summed E-state index contributed by atoms with van der Waals surface area (Å²) in [5, 5.41) is 6.61. The summed E-state index contributed by atoms with van der Waals surface area (Å²) >= 11 is 0. The summed E-state index contributed by atoms with van der Waals surface area (Å²) in [6.07, 6.45) is 3.17. The number of ether oxygens (including phenoxy) is 3. The normalized spacial score (nSPS) is 14.9. The first-order valence-electron chi connectivity index (χ1n) is 10.6. The van der Waals surface area contributed by atoms with Crippen molar-refractivity contribution in [3.63, 3.8) is 0 Å². The molecule has 166 valence electrons. The molecule has 0 unspecified atom stereocenters. The molecular weight excluding hydrogens is 481 g/mol. The quantitative estimate of drug-likeness (QED) is 0.202. The molecule has 1 heterocycles. The summed E-state index contributed by atoms with van der Waals surface area (Å²) in [4.78, 5) is 4.62. The van der Waals surface area contributed by atoms with Crippen LogP contribution >= 0.6 is 24.0 Å². The van der Waals surface area contributed by atoms with Crippen LogP contribution in [0.5, 0.6) is 5.75 Å². The maximum Gasteiger partial charge on any atom is 0.191 e. The van der Waals surface area contributed by atoms with E-state index in [1.165, 1.54) is 11.1 Å². The van der Waals surface area contributed by atoms with Crippen molar-refractivity contribution in [3.8, 4) is 5.75 Å². The van der Waals surface area contributed by atoms with Crippen molar-refractivity contribution in [2.75, 3.05) is 52.7 Å². The van der Waals surface area contributed by atoms with E-state index in [0.29, 0.717) is 19.1 Å². The first-order valence-corrected chi connectivity index (χ1v) is 10.6. The highest BCUT2D eigenvalue weighted by molar-refractivity contribution is 14.0. The van der Waals surface area contributed by atoms with Gasteiger partial charge in [-0.1, -0.05) is 18.2 Å². The van der Waals surface area contributed by atoms with Gasteiger partial charge in [0, 0.05) is 39.5 Å². The molecule has 0 aromatic heterocycles. The molecule has 1 aliphatic rings. The van der Waals surface area contributed by atoms with Crippen molar-refractivity contribution >= 4 is 29.9 Å². The molecule has 0 radical (unpaired) electrons. The summed E-state index contributed by atoms with van der Waals surface area (Å²) in [5.74, 6) is 2.47. The average molecular weight is 519 g/mol. The zero-order valence-electron chi connectivity index (χ0n) is 18.2. The first kappa shape index (κ1) is 26.0. The molecular formula is C22H38IN3O3. The molecule has 1 aromatic carbocycles. The summed E-state index contributed by atoms with van der Waals surface area (Å²) in [5.41, 5.74) is 2.34. The lowest BCUT2D eigenvalue weighted by molar-refractivity contribution is 0.0205. The Morgan fingerprint density at radius 2 is 1.86 bits per heavy atom. The van der Waals surface area contributed by atoms with Crippen molar-refractivity contribution in [1.29, 1.82) is 0 Å². The van der Waals surface area contributed by atoms with Gasteiger partial charge in [0.1, 0.15) is 12.4 Å². The van der Waals surface area contributed by atoms with Gasteiger partial charge < -0.3 is 24.8 Å². The number of hydrogen-bond acceptors (Lipinski definition) is 4. The first-order chi connectivity index (χ1) is 13.7. The van der Waals surface area contributed by atoms with Crippen LogP contribution in [-0.4, -0.2) is 58.6 Å². The molecule has 1 aromatic rings. The molecule has 2 rings (SSSR count). The largest absolute Gasteiger partial charge is 0.491 e. The molecule has 1 aliphatic heterocycles. The summed E-state index contributed by atoms with van der Waals surface area (Å²) in [6, 6.07) is 6.20. The lowest BCUT2D eigenvalue weighted by Crippen LogP contribution is -2.39. The monoisotopic (exact) mass is 519 g/mol. The van der Waals surface area contributed by atoms with Crippen molar-refractivity contribution in [3.05, 3.63) is 29.3 Å². The van der Waals surface area contributed by atoms with Crippen LogP contribution in [0.25, 0.3) is 0 Å². The van der Waals surface area contributed by atoms with E-state index in [1.807, 2.05) is 0 Å². The second-order valence-corrected chi connectivity index (χ2v) is 7.24. The van der Waals surface area contributed by atoms with Crippen molar-refractivity contribution in [2.45, 2.75) is 40.0 Å². The third-order valence-corrected chi connectivity index (χ3v) is 4.81. The second kappa shape index (κ2) is 15.7. The van der Waals surface area contributed by atoms with Crippen LogP contribution in [0.3, 0.4) is 0 Å². The van der Waals surface area contributed by atoms with Crippen molar-refractivity contribution in [1.82, 2.24) is 10.6 Å². The van der Waals surface area contributed by atoms with E-state index in [1.54, 1.807) is 0 Å². The number of nitrogens with zero attached hydrogens (tertiary/aromatic N) is 1. The number of para-hydroxylation sites is 1. The van der Waals surface area contributed by atoms with Gasteiger partial charge in [-0.15, -0.1) is 24.0 Å². The molecule has 0 amide bonds. The van der Waals surface area contributed by atoms with Gasteiger partial charge in [0.2, 0.25) is 0 Å². The van der Waals surface area contributed by atoms with Crippen LogP contribution in [0.1, 0.15) is 37.3 Å². The van der Waals surface area contributed by atoms with Crippen LogP contribution < -0.4 is 15.4 Å². The van der Waals surface area contributed by atoms with Crippen LogP contribution in [0.4, 0.5) is 0 Å². The van der Waals surface area contributed by atoms with E-state index in [2.05, 4.69) is 54.6 Å². The van der Waals surface area contributed by atoms with Gasteiger partial charge in [-0.2, -0.15) is 0 Å². The highest BCUT2D eigenvalue weighted by atomic mass is 127. The maximum atomic E-state index is 5.94. The molecule has 0 saturated carbocycles. The Morgan fingerprint density at radius 3 is 2.55 bits per heavy atom. The molecule has 29 heavy (non-hydrogen) atoms. The van der Waals surface area contributed by atoms with Gasteiger partial charge in [0.25, 0.3) is 0 Å². The van der Waals surface area contributed by atoms with Gasteiger partial charge in [-0.25, -0.2) is 0 Å². The number of hydrogen-bond donors (Lipinski definition) is 2. The minimum absolute atomic E-state index is 0. The Bertz CT molecular complexity index is 572. The van der Waals surface area contributed by atoms with Crippen LogP contribution in [0.15, 0.2) is 23.2 Å². The highest BCUT2D eigenvalue weighted by Crippen LogP contribution is 2.21. The molecule has 7 heteroatoms. The number of nitrogens with one attached hydrogen (secondary N) is 2. The standard InChI is InChI=1S/C22H37N3O3.HI/c1-4-23-22(24-11-6-13-27-17-20-9-14-26-15-10-20)25-12-16-28-21-18(2)7-5-8-19(21)3;/h5,7-8,20H,4,6,9-17H2,1-3H3,(H2,23,24,25);1H. The van der Waals surface area contributed by atoms with Crippen molar-refractivity contribution in [2.24, 2.45) is 10.9 Å². The smallest absolute Gasteiger partial charge is 0.191 e. The lowest BCUT2D eigenvalue weighted by Gasteiger charge is -2.21. The van der Waals surface area contributed by atoms with E-state index in [0.717, 1.165) is 70.5 Å². The van der Waals surface area contributed by atoms with Gasteiger partial charge in [-0.05, 0) is 57.1 Å². The summed E-state index contributed by atoms with van der Waals surface area (Å²) in [6.45, 7) is 12.5. The number of halogens is 1. The van der Waals surface area contributed by atoms with E-state index >= 15 is 0 Å². The predicted molar refractivity (Wildman–Crippen MR) is 130 cm³/mol. The molecule has 0 bridgehead atoms. The minimum atomic E-state index is 0. The van der Waals surface area contributed by atoms with E-state index in [9.17, 15) is 0 Å². The van der Waals surface area contributed by atoms with Crippen molar-refractivity contribution < 1.29 is 14.2 Å². The fraction of sp³-hybridized carbons (Fsp3) is 0.682. The zero-order chi connectivity index (χ0) is 20.0. The summed E-state index contributed by atoms with van der Waals surface area (Å²) < 4.78 is 17.1. The Hall–Kier alpha value is -1.06. The number of guanidine groups is 1. The van der Waals surface area contributed by atoms with Gasteiger partial charge in [0.05, 0.1) is 6.54 Å². The Morgan fingerprint density at radius 1 is 1.14 bits per heavy atom. The number of benzene rings is 1. The van der Waals surface area contributed by atoms with E-state index in [4.69, 9.17) is 14.2 Å². The predicted octanol–water partition coefficient (Wildman–Crippen LogP) is 3.69. The number of aliphatic imine (C=N–C) groups is 1. The average Bonchev–Trinajstić information content (AvgIpc) is 2.70. The SMILES string of the molecule is CCNC(=NCCCOCC1CCOCC1)NCCOc1c(C)cccc1C.I. The molecule has 0 spiro atoms. The highest BCUT2D eigenvalue weighted by Gasteiger charge is 2.13. The number of rotatable bonds is 11. The molecule has 1 fully saturated rings. The van der Waals surface area contributed by atoms with E-state index in [-0.39, 0.29) is 24.0 Å². The fourth-order valence-electron chi connectivity index (χ4n) is 3.21. The Balaban J connectivity index is 0.00000420. The van der Waals surface area contributed by atoms with Crippen LogP contribution in [-0.2, 0) is 9.47 Å². The van der Waals surface area contributed by atoms with Crippen LogP contribution in [0, 0.1) is 19.8 Å². The van der Waals surface area contributed by atoms with E-state index < -0.39 is 0 Å². The Kier molecular flexibility index (Phi) is 14.1. The van der Waals surface area contributed by atoms with Crippen LogP contribution in [0.2, 0.25) is 0 Å². The molecule has 6 nitrogen and oxygen atoms in total.